The molecule has 0 fully saturated rings. The number of anilines is 1. The standard InChI is InChI=1S/C15H17N5O3/c1-4-23-14(21)12-9(2)16-15-17-18-19-20(15)13(12)10-5-7-11(22-3)8-6-10/h5-8,13H,4H2,1-3H3,(H,16,17,19). The molecule has 0 bridgehead atoms. The maximum Gasteiger partial charge on any atom is 0.338 e. The summed E-state index contributed by atoms with van der Waals surface area (Å²) in [6.07, 6.45) is 0. The summed E-state index contributed by atoms with van der Waals surface area (Å²) in [5, 5.41) is 14.7. The zero-order chi connectivity index (χ0) is 16.4. The van der Waals surface area contributed by atoms with Gasteiger partial charge in [-0.25, -0.2) is 4.79 Å². The number of benzene rings is 1. The molecule has 1 aromatic carbocycles. The van der Waals surface area contributed by atoms with Crippen molar-refractivity contribution in [2.75, 3.05) is 19.0 Å². The predicted molar refractivity (Wildman–Crippen MR) is 81.9 cm³/mol. The number of esters is 1. The SMILES string of the molecule is CCOC(=O)C1=C(C)Nc2nnnn2C1c1ccc(OC)cc1. The summed E-state index contributed by atoms with van der Waals surface area (Å²) >= 11 is 0. The van der Waals surface area contributed by atoms with Gasteiger partial charge >= 0.3 is 5.97 Å². The van der Waals surface area contributed by atoms with Gasteiger partial charge in [-0.15, -0.1) is 0 Å². The van der Waals surface area contributed by atoms with Crippen molar-refractivity contribution in [1.29, 1.82) is 0 Å². The Morgan fingerprint density at radius 1 is 1.35 bits per heavy atom. The van der Waals surface area contributed by atoms with E-state index in [1.807, 2.05) is 24.3 Å². The number of allylic oxidation sites excluding steroid dienone is 1. The fraction of sp³-hybridized carbons (Fsp3) is 0.333. The first-order valence-electron chi connectivity index (χ1n) is 7.22. The Morgan fingerprint density at radius 3 is 2.74 bits per heavy atom. The number of hydrogen-bond acceptors (Lipinski definition) is 7. The summed E-state index contributed by atoms with van der Waals surface area (Å²) in [6, 6.07) is 6.98. The fourth-order valence-corrected chi connectivity index (χ4v) is 2.58. The van der Waals surface area contributed by atoms with Crippen LogP contribution in [-0.2, 0) is 9.53 Å². The van der Waals surface area contributed by atoms with Crippen molar-refractivity contribution in [3.63, 3.8) is 0 Å². The molecular formula is C15H17N5O3. The molecule has 8 heteroatoms. The molecule has 0 aliphatic carbocycles. The number of rotatable bonds is 4. The Bertz CT molecular complexity index is 751. The summed E-state index contributed by atoms with van der Waals surface area (Å²) in [4.78, 5) is 12.4. The number of aromatic nitrogens is 4. The highest BCUT2D eigenvalue weighted by atomic mass is 16.5. The van der Waals surface area contributed by atoms with E-state index in [2.05, 4.69) is 20.8 Å². The molecule has 0 radical (unpaired) electrons. The van der Waals surface area contributed by atoms with Gasteiger partial charge in [-0.05, 0) is 42.0 Å². The van der Waals surface area contributed by atoms with Crippen LogP contribution in [0.2, 0.25) is 0 Å². The van der Waals surface area contributed by atoms with Crippen LogP contribution in [0.3, 0.4) is 0 Å². The summed E-state index contributed by atoms with van der Waals surface area (Å²) in [6.45, 7) is 3.88. The monoisotopic (exact) mass is 315 g/mol. The van der Waals surface area contributed by atoms with Crippen LogP contribution in [0.1, 0.15) is 25.5 Å². The van der Waals surface area contributed by atoms with Gasteiger partial charge in [0.2, 0.25) is 5.95 Å². The molecule has 0 saturated heterocycles. The van der Waals surface area contributed by atoms with Crippen molar-refractivity contribution in [1.82, 2.24) is 20.2 Å². The largest absolute Gasteiger partial charge is 0.497 e. The van der Waals surface area contributed by atoms with Crippen molar-refractivity contribution >= 4 is 11.9 Å². The van der Waals surface area contributed by atoms with E-state index in [1.54, 1.807) is 25.6 Å². The Kier molecular flexibility index (Phi) is 3.96. The van der Waals surface area contributed by atoms with E-state index in [9.17, 15) is 4.79 Å². The molecule has 3 rings (SSSR count). The molecule has 120 valence electrons. The number of carbonyl (C=O) groups is 1. The minimum atomic E-state index is -0.453. The maximum absolute atomic E-state index is 12.4. The topological polar surface area (TPSA) is 91.2 Å². The van der Waals surface area contributed by atoms with Crippen molar-refractivity contribution in [3.8, 4) is 5.75 Å². The lowest BCUT2D eigenvalue weighted by atomic mass is 9.96. The minimum absolute atomic E-state index is 0.299. The number of ether oxygens (including phenoxy) is 2. The Balaban J connectivity index is 2.10. The zero-order valence-corrected chi connectivity index (χ0v) is 13.1. The van der Waals surface area contributed by atoms with Gasteiger partial charge in [-0.1, -0.05) is 17.2 Å². The first-order valence-corrected chi connectivity index (χ1v) is 7.22. The Morgan fingerprint density at radius 2 is 2.09 bits per heavy atom. The summed E-state index contributed by atoms with van der Waals surface area (Å²) in [7, 11) is 1.60. The molecule has 8 nitrogen and oxygen atoms in total. The van der Waals surface area contributed by atoms with Crippen LogP contribution >= 0.6 is 0 Å². The first-order chi connectivity index (χ1) is 11.2. The highest BCUT2D eigenvalue weighted by Crippen LogP contribution is 2.35. The van der Waals surface area contributed by atoms with Crippen molar-refractivity contribution in [3.05, 3.63) is 41.1 Å². The van der Waals surface area contributed by atoms with Gasteiger partial charge in [0.1, 0.15) is 11.8 Å². The second-order valence-electron chi connectivity index (χ2n) is 5.01. The van der Waals surface area contributed by atoms with Gasteiger partial charge in [0.05, 0.1) is 19.3 Å². The molecule has 1 aliphatic rings. The Hall–Kier alpha value is -2.90. The van der Waals surface area contributed by atoms with Gasteiger partial charge < -0.3 is 14.8 Å². The minimum Gasteiger partial charge on any atom is -0.497 e. The van der Waals surface area contributed by atoms with Gasteiger partial charge in [0.25, 0.3) is 0 Å². The smallest absolute Gasteiger partial charge is 0.338 e. The van der Waals surface area contributed by atoms with Crippen LogP contribution in [-0.4, -0.2) is 39.9 Å². The third-order valence-electron chi connectivity index (χ3n) is 3.64. The van der Waals surface area contributed by atoms with E-state index in [-0.39, 0.29) is 5.97 Å². The predicted octanol–water partition coefficient (Wildman–Crippen LogP) is 1.53. The summed E-state index contributed by atoms with van der Waals surface area (Å²) in [5.41, 5.74) is 2.02. The molecule has 1 aliphatic heterocycles. The molecule has 1 atom stereocenters. The van der Waals surface area contributed by atoms with Crippen molar-refractivity contribution in [2.24, 2.45) is 0 Å². The highest BCUT2D eigenvalue weighted by molar-refractivity contribution is 5.92. The van der Waals surface area contributed by atoms with E-state index in [0.29, 0.717) is 23.8 Å². The van der Waals surface area contributed by atoms with Crippen LogP contribution in [0, 0.1) is 0 Å². The zero-order valence-electron chi connectivity index (χ0n) is 13.1. The summed E-state index contributed by atoms with van der Waals surface area (Å²) in [5.74, 6) is 0.828. The average Bonchev–Trinajstić information content (AvgIpc) is 3.01. The molecule has 1 unspecified atom stereocenters. The van der Waals surface area contributed by atoms with Crippen LogP contribution in [0.15, 0.2) is 35.5 Å². The number of nitrogens with one attached hydrogen (secondary N) is 1. The molecule has 2 aromatic rings. The van der Waals surface area contributed by atoms with Crippen molar-refractivity contribution < 1.29 is 14.3 Å². The third kappa shape index (κ3) is 2.63. The number of tetrazole rings is 1. The normalized spacial score (nSPS) is 16.6. The van der Waals surface area contributed by atoms with Gasteiger partial charge in [-0.3, -0.25) is 0 Å². The molecule has 0 amide bonds. The molecule has 1 N–H and O–H groups in total. The molecule has 1 aromatic heterocycles. The lowest BCUT2D eigenvalue weighted by Crippen LogP contribution is -2.29. The van der Waals surface area contributed by atoms with E-state index >= 15 is 0 Å². The van der Waals surface area contributed by atoms with Gasteiger partial charge in [-0.2, -0.15) is 4.68 Å². The molecule has 0 spiro atoms. The lowest BCUT2D eigenvalue weighted by Gasteiger charge is -2.27. The maximum atomic E-state index is 12.4. The number of methoxy groups -OCH3 is 1. The van der Waals surface area contributed by atoms with Crippen molar-refractivity contribution in [2.45, 2.75) is 19.9 Å². The van der Waals surface area contributed by atoms with Crippen LogP contribution in [0.25, 0.3) is 0 Å². The van der Waals surface area contributed by atoms with Gasteiger partial charge in [0, 0.05) is 5.70 Å². The second-order valence-corrected chi connectivity index (χ2v) is 5.01. The summed E-state index contributed by atoms with van der Waals surface area (Å²) < 4.78 is 11.9. The quantitative estimate of drug-likeness (QED) is 0.855. The van der Waals surface area contributed by atoms with Crippen LogP contribution < -0.4 is 10.1 Å². The van der Waals surface area contributed by atoms with E-state index in [0.717, 1.165) is 11.3 Å². The highest BCUT2D eigenvalue weighted by Gasteiger charge is 2.34. The molecule has 2 heterocycles. The van der Waals surface area contributed by atoms with E-state index in [1.165, 1.54) is 0 Å². The van der Waals surface area contributed by atoms with Gasteiger partial charge in [0.15, 0.2) is 0 Å². The first kappa shape index (κ1) is 15.0. The molecule has 0 saturated carbocycles. The number of hydrogen-bond donors (Lipinski definition) is 1. The van der Waals surface area contributed by atoms with Crippen LogP contribution in [0.4, 0.5) is 5.95 Å². The average molecular weight is 315 g/mol. The van der Waals surface area contributed by atoms with Crippen LogP contribution in [0.5, 0.6) is 5.75 Å². The number of fused-ring (bicyclic) bond motifs is 1. The number of carbonyl (C=O) groups excluding carboxylic acids is 1. The fourth-order valence-electron chi connectivity index (χ4n) is 2.58. The molecule has 23 heavy (non-hydrogen) atoms. The lowest BCUT2D eigenvalue weighted by molar-refractivity contribution is -0.139. The second kappa shape index (κ2) is 6.07. The third-order valence-corrected chi connectivity index (χ3v) is 3.64. The van der Waals surface area contributed by atoms with E-state index < -0.39 is 6.04 Å². The Labute approximate surface area is 133 Å². The molecular weight excluding hydrogens is 298 g/mol. The number of nitrogens with zero attached hydrogens (tertiary/aromatic N) is 4. The van der Waals surface area contributed by atoms with E-state index in [4.69, 9.17) is 9.47 Å².